The van der Waals surface area contributed by atoms with Crippen molar-refractivity contribution in [1.82, 2.24) is 5.32 Å². The van der Waals surface area contributed by atoms with Crippen molar-refractivity contribution in [3.63, 3.8) is 0 Å². The molecule has 2 nitrogen and oxygen atoms in total. The maximum Gasteiger partial charge on any atom is 0.0693 e. The summed E-state index contributed by atoms with van der Waals surface area (Å²) in [5, 5.41) is 13.4. The highest BCUT2D eigenvalue weighted by Crippen LogP contribution is 2.26. The molecule has 0 unspecified atom stereocenters. The lowest BCUT2D eigenvalue weighted by Crippen LogP contribution is -2.42. The van der Waals surface area contributed by atoms with E-state index in [0.717, 1.165) is 18.9 Å². The zero-order valence-electron chi connectivity index (χ0n) is 10.5. The molecular formula is C14H27NO. The van der Waals surface area contributed by atoms with Crippen molar-refractivity contribution in [3.8, 4) is 0 Å². The SMILES string of the molecule is O[C@H]1CCCC[C@@H]1NCCC1CCCCC1. The molecule has 2 heteroatoms. The lowest BCUT2D eigenvalue weighted by atomic mass is 9.86. The maximum atomic E-state index is 9.84. The molecule has 2 fully saturated rings. The van der Waals surface area contributed by atoms with Gasteiger partial charge in [-0.1, -0.05) is 44.9 Å². The van der Waals surface area contributed by atoms with Crippen LogP contribution in [0.4, 0.5) is 0 Å². The average molecular weight is 225 g/mol. The first-order valence-corrected chi connectivity index (χ1v) is 7.28. The van der Waals surface area contributed by atoms with Gasteiger partial charge in [0.15, 0.2) is 0 Å². The number of hydrogen-bond donors (Lipinski definition) is 2. The van der Waals surface area contributed by atoms with Crippen LogP contribution in [0.25, 0.3) is 0 Å². The van der Waals surface area contributed by atoms with E-state index in [1.807, 2.05) is 0 Å². The highest BCUT2D eigenvalue weighted by molar-refractivity contribution is 4.80. The second-order valence-corrected chi connectivity index (χ2v) is 5.71. The van der Waals surface area contributed by atoms with Crippen LogP contribution >= 0.6 is 0 Å². The quantitative estimate of drug-likeness (QED) is 0.771. The molecule has 0 aliphatic heterocycles. The largest absolute Gasteiger partial charge is 0.392 e. The minimum atomic E-state index is -0.0832. The second kappa shape index (κ2) is 6.61. The molecule has 2 rings (SSSR count). The minimum Gasteiger partial charge on any atom is -0.392 e. The molecule has 2 N–H and O–H groups in total. The lowest BCUT2D eigenvalue weighted by Gasteiger charge is -2.29. The van der Waals surface area contributed by atoms with E-state index >= 15 is 0 Å². The predicted molar refractivity (Wildman–Crippen MR) is 67.5 cm³/mol. The zero-order valence-corrected chi connectivity index (χ0v) is 10.5. The minimum absolute atomic E-state index is 0.0832. The highest BCUT2D eigenvalue weighted by Gasteiger charge is 2.22. The maximum absolute atomic E-state index is 9.84. The molecular weight excluding hydrogens is 198 g/mol. The Morgan fingerprint density at radius 2 is 1.56 bits per heavy atom. The summed E-state index contributed by atoms with van der Waals surface area (Å²) in [7, 11) is 0. The van der Waals surface area contributed by atoms with Crippen LogP contribution in [0.5, 0.6) is 0 Å². The monoisotopic (exact) mass is 225 g/mol. The molecule has 0 aromatic carbocycles. The third-order valence-corrected chi connectivity index (χ3v) is 4.41. The van der Waals surface area contributed by atoms with E-state index in [-0.39, 0.29) is 6.10 Å². The lowest BCUT2D eigenvalue weighted by molar-refractivity contribution is 0.0899. The number of aliphatic hydroxyl groups is 1. The van der Waals surface area contributed by atoms with E-state index in [9.17, 15) is 5.11 Å². The van der Waals surface area contributed by atoms with Crippen LogP contribution in [-0.2, 0) is 0 Å². The molecule has 2 aliphatic carbocycles. The van der Waals surface area contributed by atoms with Gasteiger partial charge in [-0.2, -0.15) is 0 Å². The van der Waals surface area contributed by atoms with Gasteiger partial charge in [0.1, 0.15) is 0 Å². The van der Waals surface area contributed by atoms with E-state index in [1.54, 1.807) is 0 Å². The molecule has 94 valence electrons. The summed E-state index contributed by atoms with van der Waals surface area (Å²) < 4.78 is 0. The first-order chi connectivity index (χ1) is 7.86. The van der Waals surface area contributed by atoms with Crippen molar-refractivity contribution in [3.05, 3.63) is 0 Å². The summed E-state index contributed by atoms with van der Waals surface area (Å²) in [6, 6.07) is 0.386. The molecule has 2 saturated carbocycles. The van der Waals surface area contributed by atoms with Gasteiger partial charge in [-0.3, -0.25) is 0 Å². The summed E-state index contributed by atoms with van der Waals surface area (Å²) in [6.07, 6.45) is 13.1. The van der Waals surface area contributed by atoms with Crippen LogP contribution in [0, 0.1) is 5.92 Å². The predicted octanol–water partition coefficient (Wildman–Crippen LogP) is 2.85. The molecule has 0 aromatic rings. The first kappa shape index (κ1) is 12.4. The Morgan fingerprint density at radius 3 is 2.31 bits per heavy atom. The number of rotatable bonds is 4. The topological polar surface area (TPSA) is 32.3 Å². The van der Waals surface area contributed by atoms with E-state index in [0.29, 0.717) is 6.04 Å². The standard InChI is InChI=1S/C14H27NO/c16-14-9-5-4-8-13(14)15-11-10-12-6-2-1-3-7-12/h12-16H,1-11H2/t13-,14-/m0/s1. The molecule has 0 amide bonds. The molecule has 0 heterocycles. The molecule has 2 aliphatic rings. The van der Waals surface area contributed by atoms with Gasteiger partial charge in [0.05, 0.1) is 6.10 Å². The van der Waals surface area contributed by atoms with Crippen LogP contribution in [0.15, 0.2) is 0 Å². The van der Waals surface area contributed by atoms with Crippen LogP contribution in [0.1, 0.15) is 64.2 Å². The Balaban J connectivity index is 1.59. The van der Waals surface area contributed by atoms with Gasteiger partial charge in [-0.15, -0.1) is 0 Å². The van der Waals surface area contributed by atoms with E-state index in [1.165, 1.54) is 57.8 Å². The molecule has 2 atom stereocenters. The van der Waals surface area contributed by atoms with E-state index in [4.69, 9.17) is 0 Å². The van der Waals surface area contributed by atoms with Gasteiger partial charge in [0.2, 0.25) is 0 Å². The third-order valence-electron chi connectivity index (χ3n) is 4.41. The second-order valence-electron chi connectivity index (χ2n) is 5.71. The van der Waals surface area contributed by atoms with Crippen LogP contribution < -0.4 is 5.32 Å². The van der Waals surface area contributed by atoms with Gasteiger partial charge < -0.3 is 10.4 Å². The fraction of sp³-hybridized carbons (Fsp3) is 1.00. The molecule has 16 heavy (non-hydrogen) atoms. The number of nitrogens with one attached hydrogen (secondary N) is 1. The van der Waals surface area contributed by atoms with Crippen molar-refractivity contribution in [1.29, 1.82) is 0 Å². The summed E-state index contributed by atoms with van der Waals surface area (Å²) in [6.45, 7) is 1.12. The highest BCUT2D eigenvalue weighted by atomic mass is 16.3. The van der Waals surface area contributed by atoms with Crippen LogP contribution in [-0.4, -0.2) is 23.8 Å². The summed E-state index contributed by atoms with van der Waals surface area (Å²) >= 11 is 0. The molecule has 0 aromatic heterocycles. The van der Waals surface area contributed by atoms with Crippen LogP contribution in [0.2, 0.25) is 0 Å². The van der Waals surface area contributed by atoms with E-state index in [2.05, 4.69) is 5.32 Å². The summed E-state index contributed by atoms with van der Waals surface area (Å²) in [5.41, 5.74) is 0. The van der Waals surface area contributed by atoms with Crippen LogP contribution in [0.3, 0.4) is 0 Å². The third kappa shape index (κ3) is 3.74. The van der Waals surface area contributed by atoms with Crippen molar-refractivity contribution < 1.29 is 5.11 Å². The first-order valence-electron chi connectivity index (χ1n) is 7.28. The van der Waals surface area contributed by atoms with Crippen molar-refractivity contribution in [2.45, 2.75) is 76.4 Å². The molecule has 0 radical (unpaired) electrons. The zero-order chi connectivity index (χ0) is 11.2. The Hall–Kier alpha value is -0.0800. The van der Waals surface area contributed by atoms with Crippen molar-refractivity contribution in [2.24, 2.45) is 5.92 Å². The Morgan fingerprint density at radius 1 is 0.875 bits per heavy atom. The van der Waals surface area contributed by atoms with E-state index < -0.39 is 0 Å². The summed E-state index contributed by atoms with van der Waals surface area (Å²) in [5.74, 6) is 0.960. The summed E-state index contributed by atoms with van der Waals surface area (Å²) in [4.78, 5) is 0. The van der Waals surface area contributed by atoms with Gasteiger partial charge in [-0.25, -0.2) is 0 Å². The van der Waals surface area contributed by atoms with Gasteiger partial charge in [0, 0.05) is 6.04 Å². The Kier molecular flexibility index (Phi) is 5.11. The normalized spacial score (nSPS) is 32.8. The fourth-order valence-electron chi connectivity index (χ4n) is 3.30. The smallest absolute Gasteiger partial charge is 0.0693 e. The Labute approximate surface area is 99.8 Å². The number of hydrogen-bond acceptors (Lipinski definition) is 2. The van der Waals surface area contributed by atoms with Crippen molar-refractivity contribution >= 4 is 0 Å². The number of aliphatic hydroxyl groups excluding tert-OH is 1. The van der Waals surface area contributed by atoms with Gasteiger partial charge in [-0.05, 0) is 31.7 Å². The van der Waals surface area contributed by atoms with Gasteiger partial charge >= 0.3 is 0 Å². The van der Waals surface area contributed by atoms with Gasteiger partial charge in [0.25, 0.3) is 0 Å². The Bertz CT molecular complexity index is 189. The molecule has 0 saturated heterocycles. The molecule has 0 bridgehead atoms. The average Bonchev–Trinajstić information content (AvgIpc) is 2.33. The molecule has 0 spiro atoms. The fourth-order valence-corrected chi connectivity index (χ4v) is 3.30. The van der Waals surface area contributed by atoms with Crippen molar-refractivity contribution in [2.75, 3.05) is 6.54 Å².